The van der Waals surface area contributed by atoms with Gasteiger partial charge in [-0.3, -0.25) is 29.1 Å². The van der Waals surface area contributed by atoms with Gasteiger partial charge in [0.05, 0.1) is 10.6 Å². The number of hydrogen-bond donors (Lipinski definition) is 2. The Morgan fingerprint density at radius 3 is 2.54 bits per heavy atom. The molecule has 128 valence electrons. The van der Waals surface area contributed by atoms with Crippen molar-refractivity contribution in [2.75, 3.05) is 12.4 Å². The van der Waals surface area contributed by atoms with Crippen LogP contribution in [0, 0.1) is 10.1 Å². The lowest BCUT2D eigenvalue weighted by Crippen LogP contribution is -2.23. The summed E-state index contributed by atoms with van der Waals surface area (Å²) >= 11 is 0. The van der Waals surface area contributed by atoms with Crippen molar-refractivity contribution in [1.82, 2.24) is 24.9 Å². The topological polar surface area (TPSA) is 137 Å². The van der Waals surface area contributed by atoms with Gasteiger partial charge in [-0.25, -0.2) is 0 Å². The standard InChI is InChI=1S/C13H17N7O4/c1-4-18-7-8(10(17-18)12(21)14-3)16-13(22)11-9(20(23)24)6-15-19(11)5-2/h6-7H,4-5H2,1-3H3,(H,14,21)(H,16,22). The number of nitrogens with one attached hydrogen (secondary N) is 2. The first-order valence-electron chi connectivity index (χ1n) is 7.23. The Labute approximate surface area is 136 Å². The van der Waals surface area contributed by atoms with E-state index in [1.54, 1.807) is 6.92 Å². The largest absolute Gasteiger partial charge is 0.354 e. The Balaban J connectivity index is 2.40. The van der Waals surface area contributed by atoms with Gasteiger partial charge in [-0.15, -0.1) is 0 Å². The van der Waals surface area contributed by atoms with Crippen molar-refractivity contribution in [3.63, 3.8) is 0 Å². The summed E-state index contributed by atoms with van der Waals surface area (Å²) < 4.78 is 2.70. The van der Waals surface area contributed by atoms with Gasteiger partial charge in [0.25, 0.3) is 11.8 Å². The number of aryl methyl sites for hydroxylation is 2. The average molecular weight is 335 g/mol. The molecule has 2 N–H and O–H groups in total. The normalized spacial score (nSPS) is 10.5. The van der Waals surface area contributed by atoms with Crippen LogP contribution in [0.2, 0.25) is 0 Å². The van der Waals surface area contributed by atoms with E-state index in [-0.39, 0.29) is 23.6 Å². The molecule has 0 saturated heterocycles. The van der Waals surface area contributed by atoms with Gasteiger partial charge in [-0.05, 0) is 13.8 Å². The molecule has 0 aromatic carbocycles. The van der Waals surface area contributed by atoms with E-state index in [9.17, 15) is 19.7 Å². The highest BCUT2D eigenvalue weighted by atomic mass is 16.6. The Bertz CT molecular complexity index is 792. The SMILES string of the molecule is CCn1cc(NC(=O)c2c([N+](=O)[O-])cnn2CC)c(C(=O)NC)n1. The lowest BCUT2D eigenvalue weighted by molar-refractivity contribution is -0.385. The van der Waals surface area contributed by atoms with Gasteiger partial charge in [0, 0.05) is 26.3 Å². The van der Waals surface area contributed by atoms with Crippen molar-refractivity contribution in [3.8, 4) is 0 Å². The number of anilines is 1. The number of carbonyl (C=O) groups is 2. The molecule has 0 aliphatic rings. The first-order chi connectivity index (χ1) is 11.4. The summed E-state index contributed by atoms with van der Waals surface area (Å²) in [5.41, 5.74) is -0.398. The number of nitro groups is 1. The first kappa shape index (κ1) is 17.1. The van der Waals surface area contributed by atoms with E-state index in [0.29, 0.717) is 6.54 Å². The van der Waals surface area contributed by atoms with Gasteiger partial charge in [0.15, 0.2) is 5.69 Å². The fourth-order valence-electron chi connectivity index (χ4n) is 2.12. The third kappa shape index (κ3) is 3.09. The molecule has 0 bridgehead atoms. The van der Waals surface area contributed by atoms with Gasteiger partial charge < -0.3 is 10.6 Å². The molecule has 0 radical (unpaired) electrons. The van der Waals surface area contributed by atoms with Crippen LogP contribution in [0.1, 0.15) is 34.8 Å². The van der Waals surface area contributed by atoms with Gasteiger partial charge in [0.1, 0.15) is 6.20 Å². The van der Waals surface area contributed by atoms with Gasteiger partial charge in [0.2, 0.25) is 5.69 Å². The van der Waals surface area contributed by atoms with E-state index < -0.39 is 22.4 Å². The molecular weight excluding hydrogens is 318 g/mol. The number of nitrogens with zero attached hydrogens (tertiary/aromatic N) is 5. The number of carbonyl (C=O) groups excluding carboxylic acids is 2. The molecule has 2 heterocycles. The quantitative estimate of drug-likeness (QED) is 0.587. The second-order valence-electron chi connectivity index (χ2n) is 4.73. The van der Waals surface area contributed by atoms with E-state index >= 15 is 0 Å². The van der Waals surface area contributed by atoms with Crippen LogP contribution in [0.15, 0.2) is 12.4 Å². The van der Waals surface area contributed by atoms with Crippen LogP contribution in [0.4, 0.5) is 11.4 Å². The predicted molar refractivity (Wildman–Crippen MR) is 83.8 cm³/mol. The Hall–Kier alpha value is -3.24. The summed E-state index contributed by atoms with van der Waals surface area (Å²) in [5.74, 6) is -1.21. The molecule has 2 amide bonds. The molecule has 0 aliphatic heterocycles. The van der Waals surface area contributed by atoms with E-state index in [0.717, 1.165) is 6.20 Å². The highest BCUT2D eigenvalue weighted by Gasteiger charge is 2.28. The van der Waals surface area contributed by atoms with Gasteiger partial charge in [-0.2, -0.15) is 10.2 Å². The molecule has 0 fully saturated rings. The smallest absolute Gasteiger partial charge is 0.320 e. The molecule has 11 heteroatoms. The van der Waals surface area contributed by atoms with E-state index in [1.807, 2.05) is 6.92 Å². The molecule has 24 heavy (non-hydrogen) atoms. The van der Waals surface area contributed by atoms with Gasteiger partial charge >= 0.3 is 5.69 Å². The maximum atomic E-state index is 12.5. The molecule has 0 spiro atoms. The molecule has 0 saturated carbocycles. The molecule has 0 unspecified atom stereocenters. The minimum atomic E-state index is -0.734. The van der Waals surface area contributed by atoms with Crippen molar-refractivity contribution < 1.29 is 14.5 Å². The maximum absolute atomic E-state index is 12.5. The summed E-state index contributed by atoms with van der Waals surface area (Å²) in [6, 6.07) is 0. The number of hydrogen-bond acceptors (Lipinski definition) is 6. The summed E-state index contributed by atoms with van der Waals surface area (Å²) in [6.07, 6.45) is 2.51. The van der Waals surface area contributed by atoms with Crippen molar-refractivity contribution >= 4 is 23.2 Å². The summed E-state index contributed by atoms with van der Waals surface area (Å²) in [6.45, 7) is 4.31. The lowest BCUT2D eigenvalue weighted by Gasteiger charge is -2.06. The minimum absolute atomic E-state index is 0.0258. The van der Waals surface area contributed by atoms with Crippen LogP contribution in [0.3, 0.4) is 0 Å². The molecule has 2 aromatic heterocycles. The maximum Gasteiger partial charge on any atom is 0.320 e. The predicted octanol–water partition coefficient (Wildman–Crippen LogP) is 0.639. The van der Waals surface area contributed by atoms with Crippen molar-refractivity contribution in [3.05, 3.63) is 33.9 Å². The fourth-order valence-corrected chi connectivity index (χ4v) is 2.12. The summed E-state index contributed by atoms with van der Waals surface area (Å²) in [5, 5.41) is 23.9. The lowest BCUT2D eigenvalue weighted by atomic mass is 10.3. The second-order valence-corrected chi connectivity index (χ2v) is 4.73. The van der Waals surface area contributed by atoms with E-state index in [4.69, 9.17) is 0 Å². The van der Waals surface area contributed by atoms with Crippen molar-refractivity contribution in [2.24, 2.45) is 0 Å². The fraction of sp³-hybridized carbons (Fsp3) is 0.385. The van der Waals surface area contributed by atoms with E-state index in [2.05, 4.69) is 20.8 Å². The zero-order valence-electron chi connectivity index (χ0n) is 13.4. The van der Waals surface area contributed by atoms with Crippen LogP contribution >= 0.6 is 0 Å². The Morgan fingerprint density at radius 2 is 2.00 bits per heavy atom. The molecule has 11 nitrogen and oxygen atoms in total. The molecule has 2 rings (SSSR count). The molecule has 0 aliphatic carbocycles. The minimum Gasteiger partial charge on any atom is -0.354 e. The highest BCUT2D eigenvalue weighted by molar-refractivity contribution is 6.09. The van der Waals surface area contributed by atoms with Gasteiger partial charge in [-0.1, -0.05) is 0 Å². The first-order valence-corrected chi connectivity index (χ1v) is 7.23. The molecular formula is C13H17N7O4. The molecule has 2 aromatic rings. The van der Waals surface area contributed by atoms with Crippen LogP contribution in [-0.4, -0.2) is 43.3 Å². The summed E-state index contributed by atoms with van der Waals surface area (Å²) in [4.78, 5) is 34.8. The number of rotatable bonds is 6. The third-order valence-electron chi connectivity index (χ3n) is 3.31. The Morgan fingerprint density at radius 1 is 1.29 bits per heavy atom. The van der Waals surface area contributed by atoms with E-state index in [1.165, 1.54) is 22.6 Å². The molecule has 0 atom stereocenters. The van der Waals surface area contributed by atoms with Crippen LogP contribution in [-0.2, 0) is 13.1 Å². The van der Waals surface area contributed by atoms with Crippen molar-refractivity contribution in [1.29, 1.82) is 0 Å². The summed E-state index contributed by atoms with van der Waals surface area (Å²) in [7, 11) is 1.44. The average Bonchev–Trinajstić information content (AvgIpc) is 3.17. The number of amides is 2. The second kappa shape index (κ2) is 6.89. The zero-order chi connectivity index (χ0) is 17.9. The third-order valence-corrected chi connectivity index (χ3v) is 3.31. The monoisotopic (exact) mass is 335 g/mol. The highest BCUT2D eigenvalue weighted by Crippen LogP contribution is 2.21. The Kier molecular flexibility index (Phi) is 4.92. The van der Waals surface area contributed by atoms with Crippen LogP contribution < -0.4 is 10.6 Å². The van der Waals surface area contributed by atoms with Crippen LogP contribution in [0.25, 0.3) is 0 Å². The number of aromatic nitrogens is 4. The van der Waals surface area contributed by atoms with Crippen LogP contribution in [0.5, 0.6) is 0 Å². The zero-order valence-corrected chi connectivity index (χ0v) is 13.4. The van der Waals surface area contributed by atoms with Crippen molar-refractivity contribution in [2.45, 2.75) is 26.9 Å².